The number of furan rings is 2. The molecule has 4 rings (SSSR count). The number of primary amides is 1. The SMILES string of the molecule is CNC(=O)[C@@H](NC(=O)c1ccc(-c2ccc(Cc3c(C(N)=O)oc(C)c3C)cc2)o1)C1CCCCC1. The molecule has 3 amide bonds. The second-order valence-corrected chi connectivity index (χ2v) is 9.46. The fraction of sp³-hybridized carbons (Fsp3) is 0.393. The first-order valence-electron chi connectivity index (χ1n) is 12.4. The molecular formula is C28H33N3O5. The molecule has 2 aromatic heterocycles. The molecule has 0 aliphatic heterocycles. The van der Waals surface area contributed by atoms with Gasteiger partial charge in [-0.05, 0) is 55.9 Å². The number of carbonyl (C=O) groups excluding carboxylic acids is 3. The van der Waals surface area contributed by atoms with Gasteiger partial charge in [0.05, 0.1) is 0 Å². The molecule has 0 spiro atoms. The molecule has 0 saturated heterocycles. The summed E-state index contributed by atoms with van der Waals surface area (Å²) in [6.07, 6.45) is 5.66. The highest BCUT2D eigenvalue weighted by Gasteiger charge is 2.31. The van der Waals surface area contributed by atoms with Crippen LogP contribution in [0.5, 0.6) is 0 Å². The van der Waals surface area contributed by atoms with Crippen LogP contribution in [-0.4, -0.2) is 30.8 Å². The maximum Gasteiger partial charge on any atom is 0.287 e. The van der Waals surface area contributed by atoms with Gasteiger partial charge in [0.1, 0.15) is 17.6 Å². The van der Waals surface area contributed by atoms with Crippen LogP contribution in [0.2, 0.25) is 0 Å². The summed E-state index contributed by atoms with van der Waals surface area (Å²) in [6, 6.07) is 10.5. The van der Waals surface area contributed by atoms with E-state index in [9.17, 15) is 14.4 Å². The Morgan fingerprint density at radius 1 is 1.00 bits per heavy atom. The van der Waals surface area contributed by atoms with Crippen LogP contribution in [0.3, 0.4) is 0 Å². The highest BCUT2D eigenvalue weighted by molar-refractivity contribution is 5.96. The van der Waals surface area contributed by atoms with Gasteiger partial charge in [-0.2, -0.15) is 0 Å². The van der Waals surface area contributed by atoms with Gasteiger partial charge in [-0.1, -0.05) is 43.5 Å². The zero-order chi connectivity index (χ0) is 25.8. The maximum atomic E-state index is 12.9. The van der Waals surface area contributed by atoms with Crippen LogP contribution in [0.1, 0.15) is 75.7 Å². The second-order valence-electron chi connectivity index (χ2n) is 9.46. The molecule has 1 atom stereocenters. The van der Waals surface area contributed by atoms with E-state index in [0.29, 0.717) is 17.9 Å². The number of amides is 3. The molecule has 0 bridgehead atoms. The predicted molar refractivity (Wildman–Crippen MR) is 136 cm³/mol. The molecule has 8 heteroatoms. The molecule has 2 heterocycles. The number of rotatable bonds is 8. The number of hydrogen-bond donors (Lipinski definition) is 3. The number of hydrogen-bond acceptors (Lipinski definition) is 5. The van der Waals surface area contributed by atoms with Crippen LogP contribution in [0.4, 0.5) is 0 Å². The highest BCUT2D eigenvalue weighted by atomic mass is 16.4. The zero-order valence-electron chi connectivity index (χ0n) is 21.0. The average molecular weight is 492 g/mol. The minimum atomic E-state index is -0.582. The first-order chi connectivity index (χ1) is 17.3. The van der Waals surface area contributed by atoms with Crippen LogP contribution < -0.4 is 16.4 Å². The summed E-state index contributed by atoms with van der Waals surface area (Å²) in [6.45, 7) is 3.72. The molecule has 0 radical (unpaired) electrons. The Hall–Kier alpha value is -3.81. The van der Waals surface area contributed by atoms with Gasteiger partial charge in [0.2, 0.25) is 5.91 Å². The second kappa shape index (κ2) is 10.8. The first kappa shape index (κ1) is 25.3. The molecule has 36 heavy (non-hydrogen) atoms. The molecule has 1 aliphatic rings. The van der Waals surface area contributed by atoms with Crippen LogP contribution >= 0.6 is 0 Å². The fourth-order valence-corrected chi connectivity index (χ4v) is 4.92. The minimum Gasteiger partial charge on any atom is -0.456 e. The van der Waals surface area contributed by atoms with Gasteiger partial charge in [-0.25, -0.2) is 0 Å². The van der Waals surface area contributed by atoms with Crippen molar-refractivity contribution in [3.8, 4) is 11.3 Å². The third-order valence-corrected chi connectivity index (χ3v) is 7.12. The molecule has 1 saturated carbocycles. The van der Waals surface area contributed by atoms with Gasteiger partial charge in [-0.3, -0.25) is 14.4 Å². The molecule has 4 N–H and O–H groups in total. The van der Waals surface area contributed by atoms with E-state index in [2.05, 4.69) is 10.6 Å². The number of carbonyl (C=O) groups is 3. The quantitative estimate of drug-likeness (QED) is 0.434. The lowest BCUT2D eigenvalue weighted by Crippen LogP contribution is -2.50. The smallest absolute Gasteiger partial charge is 0.287 e. The monoisotopic (exact) mass is 491 g/mol. The van der Waals surface area contributed by atoms with Crippen molar-refractivity contribution in [1.29, 1.82) is 0 Å². The summed E-state index contributed by atoms with van der Waals surface area (Å²) in [4.78, 5) is 37.1. The van der Waals surface area contributed by atoms with Crippen molar-refractivity contribution in [3.63, 3.8) is 0 Å². The number of aryl methyl sites for hydroxylation is 1. The van der Waals surface area contributed by atoms with E-state index in [-0.39, 0.29) is 23.3 Å². The largest absolute Gasteiger partial charge is 0.456 e. The van der Waals surface area contributed by atoms with Crippen molar-refractivity contribution in [2.24, 2.45) is 11.7 Å². The van der Waals surface area contributed by atoms with E-state index in [1.54, 1.807) is 19.2 Å². The molecule has 190 valence electrons. The minimum absolute atomic E-state index is 0.127. The van der Waals surface area contributed by atoms with Gasteiger partial charge < -0.3 is 25.2 Å². The Balaban J connectivity index is 1.46. The van der Waals surface area contributed by atoms with Crippen molar-refractivity contribution in [2.45, 2.75) is 58.4 Å². The summed E-state index contributed by atoms with van der Waals surface area (Å²) in [5.74, 6) is 0.548. The normalized spacial score (nSPS) is 14.9. The zero-order valence-corrected chi connectivity index (χ0v) is 21.0. The first-order valence-corrected chi connectivity index (χ1v) is 12.4. The van der Waals surface area contributed by atoms with Gasteiger partial charge >= 0.3 is 0 Å². The van der Waals surface area contributed by atoms with Gasteiger partial charge in [0.25, 0.3) is 11.8 Å². The molecule has 1 aliphatic carbocycles. The van der Waals surface area contributed by atoms with E-state index < -0.39 is 17.9 Å². The van der Waals surface area contributed by atoms with Crippen molar-refractivity contribution in [1.82, 2.24) is 10.6 Å². The predicted octanol–water partition coefficient (Wildman–Crippen LogP) is 4.27. The van der Waals surface area contributed by atoms with Crippen molar-refractivity contribution in [3.05, 3.63) is 70.4 Å². The third-order valence-electron chi connectivity index (χ3n) is 7.12. The van der Waals surface area contributed by atoms with E-state index >= 15 is 0 Å². The van der Waals surface area contributed by atoms with E-state index in [1.807, 2.05) is 38.1 Å². The lowest BCUT2D eigenvalue weighted by Gasteiger charge is -2.29. The van der Waals surface area contributed by atoms with Gasteiger partial charge in [0, 0.05) is 24.6 Å². The van der Waals surface area contributed by atoms with Crippen LogP contribution in [0.25, 0.3) is 11.3 Å². The van der Waals surface area contributed by atoms with E-state index in [0.717, 1.165) is 47.9 Å². The Kier molecular flexibility index (Phi) is 7.62. The lowest BCUT2D eigenvalue weighted by atomic mass is 9.83. The van der Waals surface area contributed by atoms with Crippen molar-refractivity contribution < 1.29 is 23.2 Å². The number of benzene rings is 1. The number of nitrogens with one attached hydrogen (secondary N) is 2. The summed E-state index contributed by atoms with van der Waals surface area (Å²) in [7, 11) is 1.59. The molecular weight excluding hydrogens is 458 g/mol. The standard InChI is InChI=1S/C28H33N3O5/c1-16-17(2)35-25(26(29)32)21(16)15-18-9-11-19(12-10-18)22-13-14-23(36-22)27(33)31-24(28(34)30-3)20-7-5-4-6-8-20/h9-14,20,24H,4-8,15H2,1-3H3,(H2,29,32)(H,30,34)(H,31,33)/t24-/m0/s1. The van der Waals surface area contributed by atoms with Gasteiger partial charge in [-0.15, -0.1) is 0 Å². The van der Waals surface area contributed by atoms with Crippen LogP contribution in [0, 0.1) is 19.8 Å². The Morgan fingerprint density at radius 2 is 1.69 bits per heavy atom. The summed E-state index contributed by atoms with van der Waals surface area (Å²) in [5.41, 5.74) is 8.96. The van der Waals surface area contributed by atoms with Crippen LogP contribution in [-0.2, 0) is 11.2 Å². The Morgan fingerprint density at radius 3 is 2.33 bits per heavy atom. The molecule has 0 unspecified atom stereocenters. The summed E-state index contributed by atoms with van der Waals surface area (Å²) in [5, 5.41) is 5.56. The lowest BCUT2D eigenvalue weighted by molar-refractivity contribution is -0.124. The molecule has 3 aromatic rings. The van der Waals surface area contributed by atoms with Crippen molar-refractivity contribution >= 4 is 17.7 Å². The van der Waals surface area contributed by atoms with Crippen LogP contribution in [0.15, 0.2) is 45.2 Å². The maximum absolute atomic E-state index is 12.9. The summed E-state index contributed by atoms with van der Waals surface area (Å²) < 4.78 is 11.4. The van der Waals surface area contributed by atoms with E-state index in [1.165, 1.54) is 6.42 Å². The van der Waals surface area contributed by atoms with Gasteiger partial charge in [0.15, 0.2) is 11.5 Å². The van der Waals surface area contributed by atoms with E-state index in [4.69, 9.17) is 14.6 Å². The topological polar surface area (TPSA) is 128 Å². The number of nitrogens with two attached hydrogens (primary N) is 1. The molecule has 1 fully saturated rings. The average Bonchev–Trinajstić information content (AvgIpc) is 3.49. The third kappa shape index (κ3) is 5.37. The molecule has 8 nitrogen and oxygen atoms in total. The van der Waals surface area contributed by atoms with Crippen molar-refractivity contribution in [2.75, 3.05) is 7.05 Å². The molecule has 1 aromatic carbocycles. The summed E-state index contributed by atoms with van der Waals surface area (Å²) >= 11 is 0. The number of likely N-dealkylation sites (N-methyl/N-ethyl adjacent to an activating group) is 1. The Labute approximate surface area is 210 Å². The fourth-order valence-electron chi connectivity index (χ4n) is 4.92. The Bertz CT molecular complexity index is 1250. The highest BCUT2D eigenvalue weighted by Crippen LogP contribution is 2.29.